The van der Waals surface area contributed by atoms with Crippen molar-refractivity contribution >= 4 is 40.2 Å². The van der Waals surface area contributed by atoms with Crippen molar-refractivity contribution in [3.63, 3.8) is 0 Å². The largest absolute Gasteiger partial charge is 0.352 e. The summed E-state index contributed by atoms with van der Waals surface area (Å²) >= 11 is 9.27. The predicted molar refractivity (Wildman–Crippen MR) is 115 cm³/mol. The minimum Gasteiger partial charge on any atom is -0.352 e. The fourth-order valence-electron chi connectivity index (χ4n) is 2.70. The average Bonchev–Trinajstić information content (AvgIpc) is 3.42. The van der Waals surface area contributed by atoms with E-state index in [-0.39, 0.29) is 5.91 Å². The Morgan fingerprint density at radius 3 is 2.79 bits per heavy atom. The molecule has 1 amide bonds. The third-order valence-corrected chi connectivity index (χ3v) is 6.32. The molecule has 0 spiro atoms. The fraction of sp³-hybridized carbons (Fsp3) is 0.150. The molecule has 1 aromatic carbocycles. The van der Waals surface area contributed by atoms with Crippen molar-refractivity contribution in [1.82, 2.24) is 20.1 Å². The van der Waals surface area contributed by atoms with Crippen molar-refractivity contribution < 1.29 is 4.79 Å². The number of halogens is 1. The number of nitrogens with zero attached hydrogens (tertiary/aromatic N) is 3. The molecule has 0 aliphatic rings. The van der Waals surface area contributed by atoms with Gasteiger partial charge in [0.05, 0.1) is 33.0 Å². The lowest BCUT2D eigenvalue weighted by Gasteiger charge is -2.02. The van der Waals surface area contributed by atoms with Crippen LogP contribution in [0.25, 0.3) is 16.3 Å². The first kappa shape index (κ1) is 18.9. The molecule has 0 unspecified atom stereocenters. The monoisotopic (exact) mass is 428 g/mol. The van der Waals surface area contributed by atoms with Crippen LogP contribution in [-0.2, 0) is 6.42 Å². The lowest BCUT2D eigenvalue weighted by molar-refractivity contribution is 0.0954. The summed E-state index contributed by atoms with van der Waals surface area (Å²) in [5.41, 5.74) is 2.41. The summed E-state index contributed by atoms with van der Waals surface area (Å²) < 4.78 is 1.66. The average molecular weight is 429 g/mol. The summed E-state index contributed by atoms with van der Waals surface area (Å²) in [6.45, 7) is 2.58. The first-order chi connectivity index (χ1) is 13.6. The molecule has 4 rings (SSSR count). The Bertz CT molecular complexity index is 1100. The van der Waals surface area contributed by atoms with E-state index in [0.717, 1.165) is 27.7 Å². The highest BCUT2D eigenvalue weighted by atomic mass is 35.5. The van der Waals surface area contributed by atoms with Gasteiger partial charge in [-0.05, 0) is 49.7 Å². The number of thiophene rings is 1. The van der Waals surface area contributed by atoms with Crippen molar-refractivity contribution in [3.05, 3.63) is 74.6 Å². The highest BCUT2D eigenvalue weighted by Crippen LogP contribution is 2.29. The smallest absolute Gasteiger partial charge is 0.254 e. The van der Waals surface area contributed by atoms with Crippen LogP contribution in [0.2, 0.25) is 5.02 Å². The van der Waals surface area contributed by atoms with Gasteiger partial charge in [-0.25, -0.2) is 9.67 Å². The maximum atomic E-state index is 12.4. The van der Waals surface area contributed by atoms with Gasteiger partial charge >= 0.3 is 0 Å². The molecule has 3 aromatic heterocycles. The van der Waals surface area contributed by atoms with Gasteiger partial charge in [0.2, 0.25) is 0 Å². The standard InChI is InChI=1S/C20H17ClN4OS2/c1-13-24-18(12-27-13)19-7-6-17(28-19)8-9-22-20(26)14-10-23-25(11-14)16-4-2-15(21)3-5-16/h2-7,10-12H,8-9H2,1H3,(H,22,26). The van der Waals surface area contributed by atoms with Gasteiger partial charge in [-0.15, -0.1) is 22.7 Å². The lowest BCUT2D eigenvalue weighted by Crippen LogP contribution is -2.25. The number of benzene rings is 1. The summed E-state index contributed by atoms with van der Waals surface area (Å²) in [6.07, 6.45) is 4.06. The molecular formula is C20H17ClN4OS2. The number of thiazole rings is 1. The maximum absolute atomic E-state index is 12.4. The number of nitrogens with one attached hydrogen (secondary N) is 1. The second-order valence-corrected chi connectivity index (χ2v) is 8.84. The number of hydrogen-bond donors (Lipinski definition) is 1. The number of aromatic nitrogens is 3. The van der Waals surface area contributed by atoms with E-state index in [4.69, 9.17) is 11.6 Å². The van der Waals surface area contributed by atoms with Gasteiger partial charge in [0.15, 0.2) is 0 Å². The van der Waals surface area contributed by atoms with E-state index in [1.54, 1.807) is 51.9 Å². The predicted octanol–water partition coefficient (Wildman–Crippen LogP) is 4.99. The first-order valence-electron chi connectivity index (χ1n) is 8.68. The van der Waals surface area contributed by atoms with Gasteiger partial charge in [0, 0.05) is 28.0 Å². The number of rotatable bonds is 6. The van der Waals surface area contributed by atoms with Crippen LogP contribution < -0.4 is 5.32 Å². The molecule has 0 aliphatic heterocycles. The summed E-state index contributed by atoms with van der Waals surface area (Å²) in [4.78, 5) is 19.3. The van der Waals surface area contributed by atoms with Gasteiger partial charge in [0.1, 0.15) is 0 Å². The van der Waals surface area contributed by atoms with Gasteiger partial charge in [0.25, 0.3) is 5.91 Å². The number of carbonyl (C=O) groups excluding carboxylic acids is 1. The van der Waals surface area contributed by atoms with Crippen LogP contribution in [0.15, 0.2) is 54.2 Å². The van der Waals surface area contributed by atoms with Crippen LogP contribution in [-0.4, -0.2) is 27.2 Å². The molecule has 28 heavy (non-hydrogen) atoms. The molecule has 0 saturated heterocycles. The molecule has 1 N–H and O–H groups in total. The molecule has 0 aliphatic carbocycles. The molecular weight excluding hydrogens is 412 g/mol. The topological polar surface area (TPSA) is 59.8 Å². The zero-order chi connectivity index (χ0) is 19.5. The third-order valence-electron chi connectivity index (χ3n) is 4.13. The lowest BCUT2D eigenvalue weighted by atomic mass is 10.3. The molecule has 0 radical (unpaired) electrons. The van der Waals surface area contributed by atoms with Crippen molar-refractivity contribution in [3.8, 4) is 16.3 Å². The van der Waals surface area contributed by atoms with E-state index in [1.165, 1.54) is 4.88 Å². The second-order valence-electron chi connectivity index (χ2n) is 6.17. The Labute approximate surface area is 175 Å². The van der Waals surface area contributed by atoms with E-state index in [0.29, 0.717) is 17.1 Å². The van der Waals surface area contributed by atoms with E-state index in [1.807, 2.05) is 19.1 Å². The molecule has 8 heteroatoms. The molecule has 5 nitrogen and oxygen atoms in total. The van der Waals surface area contributed by atoms with Crippen LogP contribution in [0.5, 0.6) is 0 Å². The summed E-state index contributed by atoms with van der Waals surface area (Å²) in [6, 6.07) is 11.5. The van der Waals surface area contributed by atoms with Crippen LogP contribution >= 0.6 is 34.3 Å². The number of hydrogen-bond acceptors (Lipinski definition) is 5. The Kier molecular flexibility index (Phi) is 5.57. The number of carbonyl (C=O) groups is 1. The highest BCUT2D eigenvalue weighted by molar-refractivity contribution is 7.16. The zero-order valence-corrected chi connectivity index (χ0v) is 17.4. The third kappa shape index (κ3) is 4.32. The Hall–Kier alpha value is -2.48. The summed E-state index contributed by atoms with van der Waals surface area (Å²) in [7, 11) is 0. The molecule has 0 saturated carbocycles. The molecule has 0 bridgehead atoms. The number of aryl methyl sites for hydroxylation is 1. The highest BCUT2D eigenvalue weighted by Gasteiger charge is 2.10. The first-order valence-corrected chi connectivity index (χ1v) is 10.8. The van der Waals surface area contributed by atoms with Crippen LogP contribution in [0.3, 0.4) is 0 Å². The van der Waals surface area contributed by atoms with Crippen LogP contribution in [0, 0.1) is 6.92 Å². The second kappa shape index (κ2) is 8.26. The van der Waals surface area contributed by atoms with Gasteiger partial charge < -0.3 is 5.32 Å². The van der Waals surface area contributed by atoms with E-state index < -0.39 is 0 Å². The molecule has 3 heterocycles. The maximum Gasteiger partial charge on any atom is 0.254 e. The molecule has 0 atom stereocenters. The SMILES string of the molecule is Cc1nc(-c2ccc(CCNC(=O)c3cnn(-c4ccc(Cl)cc4)c3)s2)cs1. The van der Waals surface area contributed by atoms with E-state index in [9.17, 15) is 4.79 Å². The van der Waals surface area contributed by atoms with Gasteiger partial charge in [-0.1, -0.05) is 11.6 Å². The van der Waals surface area contributed by atoms with Crippen molar-refractivity contribution in [2.24, 2.45) is 0 Å². The Morgan fingerprint density at radius 2 is 2.04 bits per heavy atom. The van der Waals surface area contributed by atoms with Gasteiger partial charge in [-0.2, -0.15) is 5.10 Å². The molecule has 4 aromatic rings. The van der Waals surface area contributed by atoms with Gasteiger partial charge in [-0.3, -0.25) is 4.79 Å². The Balaban J connectivity index is 1.32. The minimum atomic E-state index is -0.132. The molecule has 142 valence electrons. The Morgan fingerprint density at radius 1 is 1.21 bits per heavy atom. The van der Waals surface area contributed by atoms with E-state index >= 15 is 0 Å². The van der Waals surface area contributed by atoms with Crippen molar-refractivity contribution in [1.29, 1.82) is 0 Å². The normalized spacial score (nSPS) is 10.9. The summed E-state index contributed by atoms with van der Waals surface area (Å²) in [5, 5.41) is 11.0. The quantitative estimate of drug-likeness (QED) is 0.470. The van der Waals surface area contributed by atoms with Crippen molar-refractivity contribution in [2.75, 3.05) is 6.54 Å². The minimum absolute atomic E-state index is 0.132. The van der Waals surface area contributed by atoms with Crippen molar-refractivity contribution in [2.45, 2.75) is 13.3 Å². The van der Waals surface area contributed by atoms with E-state index in [2.05, 4.69) is 32.9 Å². The zero-order valence-electron chi connectivity index (χ0n) is 15.1. The van der Waals surface area contributed by atoms with Crippen LogP contribution in [0.4, 0.5) is 0 Å². The molecule has 0 fully saturated rings. The number of amides is 1. The summed E-state index contributed by atoms with van der Waals surface area (Å²) in [5.74, 6) is -0.132. The van der Waals surface area contributed by atoms with Crippen LogP contribution in [0.1, 0.15) is 20.2 Å². The fourth-order valence-corrected chi connectivity index (χ4v) is 4.48.